The van der Waals surface area contributed by atoms with Gasteiger partial charge in [-0.3, -0.25) is 4.79 Å². The summed E-state index contributed by atoms with van der Waals surface area (Å²) in [5, 5.41) is 2.91. The third-order valence-corrected chi connectivity index (χ3v) is 5.69. The lowest BCUT2D eigenvalue weighted by molar-refractivity contribution is -0.138. The molecule has 132 valence electrons. The van der Waals surface area contributed by atoms with Crippen molar-refractivity contribution < 1.29 is 13.9 Å². The van der Waals surface area contributed by atoms with Crippen LogP contribution in [0.2, 0.25) is 0 Å². The Bertz CT molecular complexity index is 742. The number of hydrogen-bond acceptors (Lipinski definition) is 4. The van der Waals surface area contributed by atoms with Crippen LogP contribution < -0.4 is 0 Å². The molecule has 4 nitrogen and oxygen atoms in total. The minimum absolute atomic E-state index is 0.132. The Balaban J connectivity index is 1.34. The number of thiazole rings is 1. The molecule has 1 aliphatic carbocycles. The quantitative estimate of drug-likeness (QED) is 0.823. The number of hydrogen-bond donors (Lipinski definition) is 0. The predicted octanol–water partition coefficient (Wildman–Crippen LogP) is 3.05. The fraction of sp³-hybridized carbons (Fsp3) is 0.474. The topological polar surface area (TPSA) is 42.4 Å². The second kappa shape index (κ2) is 7.22. The van der Waals surface area contributed by atoms with Crippen molar-refractivity contribution in [1.29, 1.82) is 0 Å². The molecule has 25 heavy (non-hydrogen) atoms. The van der Waals surface area contributed by atoms with Crippen LogP contribution in [0.4, 0.5) is 4.39 Å². The minimum atomic E-state index is -0.232. The summed E-state index contributed by atoms with van der Waals surface area (Å²) >= 11 is 1.55. The van der Waals surface area contributed by atoms with E-state index in [1.54, 1.807) is 23.5 Å². The standard InChI is InChI=1S/C19H21FN2O2S/c20-15-5-1-13(2-6-15)9-18-21-16(12-25-18)10-19(23)22-7-8-24-17(11-22)14-3-4-14/h1-2,5-6,12,14,17H,3-4,7-11H2/t17-/m0/s1. The number of rotatable bonds is 5. The molecule has 1 amide bonds. The summed E-state index contributed by atoms with van der Waals surface area (Å²) < 4.78 is 18.7. The van der Waals surface area contributed by atoms with Gasteiger partial charge in [0.05, 0.1) is 29.8 Å². The van der Waals surface area contributed by atoms with E-state index in [4.69, 9.17) is 4.74 Å². The number of nitrogens with zero attached hydrogens (tertiary/aromatic N) is 2. The zero-order valence-electron chi connectivity index (χ0n) is 14.0. The molecule has 0 radical (unpaired) electrons. The highest BCUT2D eigenvalue weighted by atomic mass is 32.1. The molecule has 1 saturated heterocycles. The molecule has 0 N–H and O–H groups in total. The Morgan fingerprint density at radius 1 is 1.32 bits per heavy atom. The SMILES string of the molecule is O=C(Cc1csc(Cc2ccc(F)cc2)n1)N1CCO[C@H](C2CC2)C1. The summed E-state index contributed by atoms with van der Waals surface area (Å²) in [6.07, 6.45) is 3.69. The first-order valence-electron chi connectivity index (χ1n) is 8.74. The Morgan fingerprint density at radius 2 is 2.12 bits per heavy atom. The van der Waals surface area contributed by atoms with Crippen molar-refractivity contribution in [1.82, 2.24) is 9.88 Å². The van der Waals surface area contributed by atoms with Crippen LogP contribution in [0, 0.1) is 11.7 Å². The number of halogens is 1. The zero-order chi connectivity index (χ0) is 17.2. The Labute approximate surface area is 150 Å². The van der Waals surface area contributed by atoms with Gasteiger partial charge in [-0.2, -0.15) is 0 Å². The molecule has 1 saturated carbocycles. The monoisotopic (exact) mass is 360 g/mol. The molecule has 1 atom stereocenters. The minimum Gasteiger partial charge on any atom is -0.374 e. The number of carbonyl (C=O) groups excluding carboxylic acids is 1. The Morgan fingerprint density at radius 3 is 2.88 bits per heavy atom. The van der Waals surface area contributed by atoms with Gasteiger partial charge in [0.15, 0.2) is 0 Å². The van der Waals surface area contributed by atoms with E-state index in [2.05, 4.69) is 4.98 Å². The second-order valence-electron chi connectivity index (χ2n) is 6.80. The largest absolute Gasteiger partial charge is 0.374 e. The van der Waals surface area contributed by atoms with Gasteiger partial charge in [-0.1, -0.05) is 12.1 Å². The van der Waals surface area contributed by atoms with E-state index in [1.165, 1.54) is 25.0 Å². The van der Waals surface area contributed by atoms with E-state index in [0.717, 1.165) is 22.8 Å². The van der Waals surface area contributed by atoms with Gasteiger partial charge < -0.3 is 9.64 Å². The van der Waals surface area contributed by atoms with E-state index in [-0.39, 0.29) is 17.8 Å². The average Bonchev–Trinajstić information content (AvgIpc) is 3.39. The molecule has 4 rings (SSSR count). The van der Waals surface area contributed by atoms with Crippen molar-refractivity contribution in [2.45, 2.75) is 31.8 Å². The first-order chi connectivity index (χ1) is 12.2. The molecular formula is C19H21FN2O2S. The van der Waals surface area contributed by atoms with E-state index in [0.29, 0.717) is 31.9 Å². The lowest BCUT2D eigenvalue weighted by Gasteiger charge is -2.33. The van der Waals surface area contributed by atoms with E-state index in [1.807, 2.05) is 10.3 Å². The molecule has 1 aliphatic heterocycles. The van der Waals surface area contributed by atoms with Crippen molar-refractivity contribution in [2.75, 3.05) is 19.7 Å². The van der Waals surface area contributed by atoms with Gasteiger partial charge in [-0.15, -0.1) is 11.3 Å². The summed E-state index contributed by atoms with van der Waals surface area (Å²) in [7, 11) is 0. The Kier molecular flexibility index (Phi) is 4.81. The number of carbonyl (C=O) groups is 1. The third kappa shape index (κ3) is 4.25. The molecular weight excluding hydrogens is 339 g/mol. The van der Waals surface area contributed by atoms with E-state index >= 15 is 0 Å². The zero-order valence-corrected chi connectivity index (χ0v) is 14.8. The highest BCUT2D eigenvalue weighted by Gasteiger charge is 2.36. The molecule has 6 heteroatoms. The third-order valence-electron chi connectivity index (χ3n) is 4.79. The highest BCUT2D eigenvalue weighted by Crippen LogP contribution is 2.35. The predicted molar refractivity (Wildman–Crippen MR) is 94.1 cm³/mol. The summed E-state index contributed by atoms with van der Waals surface area (Å²) in [6, 6.07) is 6.46. The molecule has 0 unspecified atom stereocenters. The summed E-state index contributed by atoms with van der Waals surface area (Å²) in [4.78, 5) is 19.1. The van der Waals surface area contributed by atoms with Crippen LogP contribution in [0.15, 0.2) is 29.6 Å². The molecule has 1 aromatic heterocycles. The van der Waals surface area contributed by atoms with Crippen LogP contribution in [0.25, 0.3) is 0 Å². The first-order valence-corrected chi connectivity index (χ1v) is 9.62. The van der Waals surface area contributed by atoms with E-state index < -0.39 is 0 Å². The normalized spacial score (nSPS) is 20.7. The van der Waals surface area contributed by atoms with Gasteiger partial charge in [0.1, 0.15) is 5.82 Å². The molecule has 0 bridgehead atoms. The van der Waals surface area contributed by atoms with Gasteiger partial charge >= 0.3 is 0 Å². The number of amides is 1. The van der Waals surface area contributed by atoms with Crippen LogP contribution in [0.5, 0.6) is 0 Å². The van der Waals surface area contributed by atoms with E-state index in [9.17, 15) is 9.18 Å². The molecule has 0 spiro atoms. The van der Waals surface area contributed by atoms with Gasteiger partial charge in [0, 0.05) is 24.9 Å². The lowest BCUT2D eigenvalue weighted by atomic mass is 10.1. The average molecular weight is 360 g/mol. The second-order valence-corrected chi connectivity index (χ2v) is 7.74. The van der Waals surface area contributed by atoms with Crippen molar-refractivity contribution in [3.63, 3.8) is 0 Å². The van der Waals surface area contributed by atoms with Gasteiger partial charge in [-0.05, 0) is 36.5 Å². The van der Waals surface area contributed by atoms with Gasteiger partial charge in [0.2, 0.25) is 5.91 Å². The van der Waals surface area contributed by atoms with Crippen LogP contribution in [-0.4, -0.2) is 41.6 Å². The summed E-state index contributed by atoms with van der Waals surface area (Å²) in [5.74, 6) is 0.550. The Hall–Kier alpha value is -1.79. The number of ether oxygens (including phenoxy) is 1. The lowest BCUT2D eigenvalue weighted by Crippen LogP contribution is -2.47. The number of aromatic nitrogens is 1. The van der Waals surface area contributed by atoms with Crippen molar-refractivity contribution in [3.05, 3.63) is 51.7 Å². The van der Waals surface area contributed by atoms with Crippen LogP contribution >= 0.6 is 11.3 Å². The molecule has 2 aliphatic rings. The molecule has 2 aromatic rings. The van der Waals surface area contributed by atoms with Gasteiger partial charge in [-0.25, -0.2) is 9.37 Å². The maximum absolute atomic E-state index is 13.0. The van der Waals surface area contributed by atoms with Crippen molar-refractivity contribution >= 4 is 17.2 Å². The first kappa shape index (κ1) is 16.7. The molecule has 2 fully saturated rings. The molecule has 2 heterocycles. The summed E-state index contributed by atoms with van der Waals surface area (Å²) in [6.45, 7) is 2.03. The maximum atomic E-state index is 13.0. The fourth-order valence-electron chi connectivity index (χ4n) is 3.21. The van der Waals surface area contributed by atoms with Crippen molar-refractivity contribution in [3.8, 4) is 0 Å². The number of morpholine rings is 1. The van der Waals surface area contributed by atoms with Crippen LogP contribution in [0.1, 0.15) is 29.1 Å². The van der Waals surface area contributed by atoms with Crippen molar-refractivity contribution in [2.24, 2.45) is 5.92 Å². The summed E-state index contributed by atoms with van der Waals surface area (Å²) in [5.41, 5.74) is 1.84. The van der Waals surface area contributed by atoms with Crippen LogP contribution in [0.3, 0.4) is 0 Å². The highest BCUT2D eigenvalue weighted by molar-refractivity contribution is 7.09. The number of benzene rings is 1. The van der Waals surface area contributed by atoms with Crippen LogP contribution in [-0.2, 0) is 22.4 Å². The fourth-order valence-corrected chi connectivity index (χ4v) is 4.04. The maximum Gasteiger partial charge on any atom is 0.228 e. The van der Waals surface area contributed by atoms with Gasteiger partial charge in [0.25, 0.3) is 0 Å². The smallest absolute Gasteiger partial charge is 0.228 e. The molecule has 1 aromatic carbocycles.